The Morgan fingerprint density at radius 3 is 2.37 bits per heavy atom. The summed E-state index contributed by atoms with van der Waals surface area (Å²) in [5.41, 5.74) is 2.82. The molecule has 27 heavy (non-hydrogen) atoms. The van der Waals surface area contributed by atoms with Crippen LogP contribution in [0.5, 0.6) is 0 Å². The second-order valence-corrected chi connectivity index (χ2v) is 7.77. The van der Waals surface area contributed by atoms with Crippen LogP contribution in [0.15, 0.2) is 60.7 Å². The second-order valence-electron chi connectivity index (χ2n) is 6.61. The number of benzene rings is 2. The van der Waals surface area contributed by atoms with Crippen molar-refractivity contribution in [3.05, 3.63) is 64.2 Å². The van der Waals surface area contributed by atoms with E-state index < -0.39 is 0 Å². The van der Waals surface area contributed by atoms with Gasteiger partial charge in [-0.15, -0.1) is 0 Å². The molecule has 0 saturated heterocycles. The molecule has 0 aliphatic rings. The first-order valence-corrected chi connectivity index (χ1v) is 9.98. The van der Waals surface area contributed by atoms with Crippen LogP contribution in [0.1, 0.15) is 13.8 Å². The Bertz CT molecular complexity index is 886. The fourth-order valence-electron chi connectivity index (χ4n) is 2.62. The first-order chi connectivity index (χ1) is 13.1. The lowest BCUT2D eigenvalue weighted by Crippen LogP contribution is -2.30. The van der Waals surface area contributed by atoms with E-state index in [1.165, 1.54) is 0 Å². The molecule has 3 rings (SSSR count). The van der Waals surface area contributed by atoms with Crippen molar-refractivity contribution in [3.63, 3.8) is 0 Å². The Kier molecular flexibility index (Phi) is 6.63. The summed E-state index contributed by atoms with van der Waals surface area (Å²) < 4.78 is 1.11. The van der Waals surface area contributed by atoms with E-state index in [1.807, 2.05) is 60.7 Å². The third-order valence-corrected chi connectivity index (χ3v) is 5.19. The van der Waals surface area contributed by atoms with E-state index in [9.17, 15) is 5.11 Å². The minimum absolute atomic E-state index is 0.0237. The van der Waals surface area contributed by atoms with Crippen molar-refractivity contribution in [2.45, 2.75) is 19.9 Å². The SMILES string of the molecule is CC(C)[C@@H](CO)Nc1nc(Nc2ccccc2I)cc(-c2ccccc2)n1. The normalized spacial score (nSPS) is 12.0. The van der Waals surface area contributed by atoms with Gasteiger partial charge in [0.05, 0.1) is 24.0 Å². The second kappa shape index (κ2) is 9.14. The van der Waals surface area contributed by atoms with Gasteiger partial charge in [0.25, 0.3) is 0 Å². The maximum absolute atomic E-state index is 9.65. The minimum Gasteiger partial charge on any atom is -0.394 e. The Morgan fingerprint density at radius 1 is 1.00 bits per heavy atom. The lowest BCUT2D eigenvalue weighted by molar-refractivity contribution is 0.248. The van der Waals surface area contributed by atoms with Gasteiger partial charge in [-0.25, -0.2) is 4.98 Å². The monoisotopic (exact) mass is 474 g/mol. The molecule has 5 nitrogen and oxygen atoms in total. The van der Waals surface area contributed by atoms with Crippen molar-refractivity contribution in [2.75, 3.05) is 17.2 Å². The number of aliphatic hydroxyl groups is 1. The molecule has 0 saturated carbocycles. The number of rotatable bonds is 7. The van der Waals surface area contributed by atoms with E-state index in [-0.39, 0.29) is 18.6 Å². The van der Waals surface area contributed by atoms with Crippen LogP contribution >= 0.6 is 22.6 Å². The molecule has 0 spiro atoms. The van der Waals surface area contributed by atoms with Gasteiger partial charge in [0.15, 0.2) is 0 Å². The molecule has 1 atom stereocenters. The van der Waals surface area contributed by atoms with Crippen molar-refractivity contribution in [3.8, 4) is 11.3 Å². The van der Waals surface area contributed by atoms with Crippen LogP contribution in [0.4, 0.5) is 17.5 Å². The van der Waals surface area contributed by atoms with Crippen molar-refractivity contribution in [1.29, 1.82) is 0 Å². The first kappa shape index (κ1) is 19.6. The van der Waals surface area contributed by atoms with E-state index in [4.69, 9.17) is 0 Å². The summed E-state index contributed by atoms with van der Waals surface area (Å²) >= 11 is 2.30. The number of aromatic nitrogens is 2. The van der Waals surface area contributed by atoms with Gasteiger partial charge in [0, 0.05) is 15.2 Å². The molecule has 0 radical (unpaired) electrons. The van der Waals surface area contributed by atoms with E-state index in [1.54, 1.807) is 0 Å². The molecule has 3 N–H and O–H groups in total. The predicted molar refractivity (Wildman–Crippen MR) is 119 cm³/mol. The Hall–Kier alpha value is -2.19. The van der Waals surface area contributed by atoms with E-state index in [0.717, 1.165) is 20.5 Å². The Morgan fingerprint density at radius 2 is 1.70 bits per heavy atom. The van der Waals surface area contributed by atoms with Crippen LogP contribution < -0.4 is 10.6 Å². The van der Waals surface area contributed by atoms with Gasteiger partial charge in [-0.05, 0) is 40.6 Å². The molecule has 0 unspecified atom stereocenters. The molecule has 2 aromatic carbocycles. The first-order valence-electron chi connectivity index (χ1n) is 8.90. The summed E-state index contributed by atoms with van der Waals surface area (Å²) in [6, 6.07) is 19.9. The van der Waals surface area contributed by atoms with Crippen molar-refractivity contribution in [2.24, 2.45) is 5.92 Å². The van der Waals surface area contributed by atoms with Crippen LogP contribution in [-0.4, -0.2) is 27.7 Å². The van der Waals surface area contributed by atoms with Crippen LogP contribution in [0, 0.1) is 9.49 Å². The molecule has 140 valence electrons. The lowest BCUT2D eigenvalue weighted by atomic mass is 10.1. The number of halogens is 1. The molecule has 1 aromatic heterocycles. The number of nitrogens with zero attached hydrogens (tertiary/aromatic N) is 2. The largest absolute Gasteiger partial charge is 0.394 e. The minimum atomic E-state index is -0.110. The molecular weight excluding hydrogens is 451 g/mol. The smallest absolute Gasteiger partial charge is 0.225 e. The average Bonchev–Trinajstić information content (AvgIpc) is 2.68. The van der Waals surface area contributed by atoms with Crippen molar-refractivity contribution >= 4 is 40.0 Å². The van der Waals surface area contributed by atoms with Gasteiger partial charge in [0.2, 0.25) is 5.95 Å². The third kappa shape index (κ3) is 5.17. The molecular formula is C21H23IN4O. The Labute approximate surface area is 173 Å². The molecule has 0 bridgehead atoms. The zero-order chi connectivity index (χ0) is 19.2. The maximum Gasteiger partial charge on any atom is 0.225 e. The number of para-hydroxylation sites is 1. The number of aliphatic hydroxyl groups excluding tert-OH is 1. The van der Waals surface area contributed by atoms with Gasteiger partial charge < -0.3 is 15.7 Å². The quantitative estimate of drug-likeness (QED) is 0.424. The molecule has 1 heterocycles. The number of hydrogen-bond donors (Lipinski definition) is 3. The third-order valence-electron chi connectivity index (χ3n) is 4.25. The highest BCUT2D eigenvalue weighted by atomic mass is 127. The summed E-state index contributed by atoms with van der Waals surface area (Å²) in [6.45, 7) is 4.14. The molecule has 0 amide bonds. The molecule has 0 fully saturated rings. The summed E-state index contributed by atoms with van der Waals surface area (Å²) in [5.74, 6) is 1.46. The summed E-state index contributed by atoms with van der Waals surface area (Å²) in [5, 5.41) is 16.3. The summed E-state index contributed by atoms with van der Waals surface area (Å²) in [4.78, 5) is 9.28. The van der Waals surface area contributed by atoms with Gasteiger partial charge in [-0.1, -0.05) is 56.3 Å². The average molecular weight is 474 g/mol. The molecule has 0 aliphatic heterocycles. The van der Waals surface area contributed by atoms with E-state index in [2.05, 4.69) is 57.0 Å². The van der Waals surface area contributed by atoms with Gasteiger partial charge >= 0.3 is 0 Å². The van der Waals surface area contributed by atoms with Crippen molar-refractivity contribution < 1.29 is 5.11 Å². The highest BCUT2D eigenvalue weighted by Gasteiger charge is 2.15. The number of hydrogen-bond acceptors (Lipinski definition) is 5. The Balaban J connectivity index is 1.99. The molecule has 0 aliphatic carbocycles. The van der Waals surface area contributed by atoms with Crippen molar-refractivity contribution in [1.82, 2.24) is 9.97 Å². The van der Waals surface area contributed by atoms with Crippen LogP contribution in [-0.2, 0) is 0 Å². The van der Waals surface area contributed by atoms with E-state index >= 15 is 0 Å². The standard InChI is InChI=1S/C21H23IN4O/c1-14(2)19(13-27)25-21-24-18(15-8-4-3-5-9-15)12-20(26-21)23-17-11-7-6-10-16(17)22/h3-12,14,19,27H,13H2,1-2H3,(H2,23,24,25,26)/t19-/m1/s1. The van der Waals surface area contributed by atoms with Gasteiger partial charge in [-0.2, -0.15) is 4.98 Å². The van der Waals surface area contributed by atoms with Crippen LogP contribution in [0.2, 0.25) is 0 Å². The zero-order valence-corrected chi connectivity index (χ0v) is 17.5. The topological polar surface area (TPSA) is 70.1 Å². The maximum atomic E-state index is 9.65. The highest BCUT2D eigenvalue weighted by molar-refractivity contribution is 14.1. The number of nitrogens with one attached hydrogen (secondary N) is 2. The predicted octanol–water partition coefficient (Wildman–Crippen LogP) is 4.92. The fourth-order valence-corrected chi connectivity index (χ4v) is 3.14. The molecule has 6 heteroatoms. The lowest BCUT2D eigenvalue weighted by Gasteiger charge is -2.21. The van der Waals surface area contributed by atoms with Gasteiger partial charge in [-0.3, -0.25) is 0 Å². The summed E-state index contributed by atoms with van der Waals surface area (Å²) in [7, 11) is 0. The number of anilines is 3. The van der Waals surface area contributed by atoms with E-state index in [0.29, 0.717) is 11.8 Å². The zero-order valence-electron chi connectivity index (χ0n) is 15.4. The van der Waals surface area contributed by atoms with Crippen LogP contribution in [0.3, 0.4) is 0 Å². The summed E-state index contributed by atoms with van der Waals surface area (Å²) in [6.07, 6.45) is 0. The molecule has 3 aromatic rings. The van der Waals surface area contributed by atoms with Crippen LogP contribution in [0.25, 0.3) is 11.3 Å². The highest BCUT2D eigenvalue weighted by Crippen LogP contribution is 2.26. The van der Waals surface area contributed by atoms with Gasteiger partial charge in [0.1, 0.15) is 5.82 Å². The fraction of sp³-hybridized carbons (Fsp3) is 0.238.